The highest BCUT2D eigenvalue weighted by Gasteiger charge is 2.31. The first kappa shape index (κ1) is 44.5. The number of carboxylic acid groups (broad SMARTS) is 1. The molecule has 4 aromatic carbocycles. The predicted molar refractivity (Wildman–Crippen MR) is 213 cm³/mol. The second-order valence-corrected chi connectivity index (χ2v) is 14.3. The van der Waals surface area contributed by atoms with E-state index in [1.807, 2.05) is 12.1 Å². The summed E-state index contributed by atoms with van der Waals surface area (Å²) >= 11 is 6.55. The van der Waals surface area contributed by atoms with Crippen molar-refractivity contribution in [2.75, 3.05) is 27.4 Å². The Hall–Kier alpha value is -3.91. The fourth-order valence-electron chi connectivity index (χ4n) is 6.18. The summed E-state index contributed by atoms with van der Waals surface area (Å²) in [7, 11) is 2.99. The lowest BCUT2D eigenvalue weighted by molar-refractivity contribution is 0.0691. The van der Waals surface area contributed by atoms with Gasteiger partial charge < -0.3 is 35.1 Å². The number of carbonyl (C=O) groups excluding carboxylic acids is 1. The highest BCUT2D eigenvalue weighted by atomic mass is 79.9. The molecule has 0 bridgehead atoms. The molecule has 14 heteroatoms. The number of benzene rings is 4. The summed E-state index contributed by atoms with van der Waals surface area (Å²) in [5.74, 6) is 1.24. The fourth-order valence-corrected chi connectivity index (χ4v) is 7.23. The summed E-state index contributed by atoms with van der Waals surface area (Å²) in [6.07, 6.45) is 6.36. The Labute approximate surface area is 337 Å². The van der Waals surface area contributed by atoms with E-state index in [4.69, 9.17) is 29.8 Å². The smallest absolute Gasteiger partial charge is 0.340 e. The van der Waals surface area contributed by atoms with Gasteiger partial charge in [-0.05, 0) is 130 Å². The zero-order valence-corrected chi connectivity index (χ0v) is 33.9. The van der Waals surface area contributed by atoms with Crippen molar-refractivity contribution in [1.82, 2.24) is 5.32 Å². The molecule has 9 nitrogen and oxygen atoms in total. The minimum absolute atomic E-state index is 0. The molecule has 2 saturated carbocycles. The molecule has 2 aliphatic carbocycles. The van der Waals surface area contributed by atoms with E-state index < -0.39 is 5.97 Å². The summed E-state index contributed by atoms with van der Waals surface area (Å²) in [5.41, 5.74) is 6.58. The molecule has 2 fully saturated rings. The summed E-state index contributed by atoms with van der Waals surface area (Å²) < 4.78 is 48.3. The minimum Gasteiger partial charge on any atom is -0.496 e. The molecule has 4 N–H and O–H groups in total. The average molecular weight is 899 g/mol. The van der Waals surface area contributed by atoms with Gasteiger partial charge >= 0.3 is 5.97 Å². The Morgan fingerprint density at radius 1 is 0.722 bits per heavy atom. The third-order valence-corrected chi connectivity index (χ3v) is 10.4. The monoisotopic (exact) mass is 896 g/mol. The van der Waals surface area contributed by atoms with Gasteiger partial charge in [0.1, 0.15) is 40.2 Å². The first-order chi connectivity index (χ1) is 25.5. The van der Waals surface area contributed by atoms with Gasteiger partial charge in [0.05, 0.1) is 33.0 Å². The van der Waals surface area contributed by atoms with Crippen molar-refractivity contribution in [2.45, 2.75) is 50.6 Å². The van der Waals surface area contributed by atoms with Crippen molar-refractivity contribution in [3.8, 4) is 23.0 Å². The quantitative estimate of drug-likeness (QED) is 0.136. The van der Waals surface area contributed by atoms with E-state index in [1.165, 1.54) is 37.8 Å². The van der Waals surface area contributed by atoms with Crippen LogP contribution in [-0.4, -0.2) is 56.5 Å². The van der Waals surface area contributed by atoms with Gasteiger partial charge in [-0.15, -0.1) is 12.4 Å². The van der Waals surface area contributed by atoms with Gasteiger partial charge in [0.15, 0.2) is 0 Å². The topological polar surface area (TPSA) is 129 Å². The van der Waals surface area contributed by atoms with E-state index in [0.717, 1.165) is 37.9 Å². The molecular weight excluding hydrogens is 854 g/mol. The SMILES string of the molecule is COc1cccc(Br)c1C(=O)N[C@H]1CCC[C@@H]1COc1ccc(F)cc1.COc1cccc(Br)c1C(=O)O.Cl.N[C@H]1CCC[C@@H]1COc1ccc(F)cc1. The van der Waals surface area contributed by atoms with Crippen LogP contribution in [0.3, 0.4) is 0 Å². The molecule has 292 valence electrons. The van der Waals surface area contributed by atoms with Crippen LogP contribution in [0.25, 0.3) is 0 Å². The lowest BCUT2D eigenvalue weighted by Gasteiger charge is -2.22. The van der Waals surface area contributed by atoms with E-state index in [0.29, 0.717) is 50.9 Å². The average Bonchev–Trinajstić information content (AvgIpc) is 3.78. The molecule has 0 unspecified atom stereocenters. The van der Waals surface area contributed by atoms with E-state index >= 15 is 0 Å². The number of amides is 1. The highest BCUT2D eigenvalue weighted by Crippen LogP contribution is 2.31. The van der Waals surface area contributed by atoms with Crippen LogP contribution in [0.15, 0.2) is 93.9 Å². The normalized spacial score (nSPS) is 18.4. The maximum absolute atomic E-state index is 13.0. The van der Waals surface area contributed by atoms with Crippen LogP contribution < -0.4 is 30.0 Å². The first-order valence-corrected chi connectivity index (χ1v) is 18.8. The van der Waals surface area contributed by atoms with Crippen LogP contribution >= 0.6 is 44.3 Å². The highest BCUT2D eigenvalue weighted by molar-refractivity contribution is 9.10. The zero-order valence-electron chi connectivity index (χ0n) is 29.9. The van der Waals surface area contributed by atoms with Crippen molar-refractivity contribution in [3.63, 3.8) is 0 Å². The third-order valence-electron chi connectivity index (χ3n) is 9.08. The molecule has 4 atom stereocenters. The molecule has 0 aliphatic heterocycles. The third kappa shape index (κ3) is 13.1. The number of carboxylic acids is 1. The number of carbonyl (C=O) groups is 2. The Morgan fingerprint density at radius 2 is 1.19 bits per heavy atom. The van der Waals surface area contributed by atoms with E-state index in [9.17, 15) is 18.4 Å². The second kappa shape index (κ2) is 22.5. The van der Waals surface area contributed by atoms with Gasteiger partial charge in [-0.2, -0.15) is 0 Å². The van der Waals surface area contributed by atoms with Crippen LogP contribution in [0.1, 0.15) is 59.2 Å². The molecular formula is C40H45Br2ClF2N2O7. The van der Waals surface area contributed by atoms with Gasteiger partial charge in [-0.3, -0.25) is 4.79 Å². The number of nitrogens with two attached hydrogens (primary N) is 1. The number of nitrogens with one attached hydrogen (secondary N) is 1. The molecule has 4 aromatic rings. The number of rotatable bonds is 11. The van der Waals surface area contributed by atoms with Crippen LogP contribution in [0.5, 0.6) is 23.0 Å². The van der Waals surface area contributed by atoms with Crippen LogP contribution in [-0.2, 0) is 0 Å². The summed E-state index contributed by atoms with van der Waals surface area (Å²) in [4.78, 5) is 23.4. The van der Waals surface area contributed by atoms with Crippen molar-refractivity contribution in [1.29, 1.82) is 0 Å². The van der Waals surface area contributed by atoms with Gasteiger partial charge in [0, 0.05) is 32.9 Å². The molecule has 0 heterocycles. The van der Waals surface area contributed by atoms with Gasteiger partial charge in [0.2, 0.25) is 0 Å². The number of methoxy groups -OCH3 is 2. The fraction of sp³-hybridized carbons (Fsp3) is 0.350. The molecule has 0 spiro atoms. The van der Waals surface area contributed by atoms with E-state index in [1.54, 1.807) is 55.6 Å². The summed E-state index contributed by atoms with van der Waals surface area (Å²) in [6, 6.07) is 22.8. The molecule has 6 rings (SSSR count). The summed E-state index contributed by atoms with van der Waals surface area (Å²) in [5, 5.41) is 11.9. The molecule has 2 aliphatic rings. The van der Waals surface area contributed by atoms with Gasteiger partial charge in [-0.25, -0.2) is 13.6 Å². The lowest BCUT2D eigenvalue weighted by Crippen LogP contribution is -2.39. The van der Waals surface area contributed by atoms with Gasteiger partial charge in [-0.1, -0.05) is 25.0 Å². The number of halogens is 5. The molecule has 0 aromatic heterocycles. The predicted octanol–water partition coefficient (Wildman–Crippen LogP) is 9.48. The van der Waals surface area contributed by atoms with Crippen LogP contribution in [0.4, 0.5) is 8.78 Å². The summed E-state index contributed by atoms with van der Waals surface area (Å²) in [6.45, 7) is 1.14. The van der Waals surface area contributed by atoms with Crippen molar-refractivity contribution in [3.05, 3.63) is 117 Å². The number of aromatic carboxylic acids is 1. The largest absolute Gasteiger partial charge is 0.496 e. The van der Waals surface area contributed by atoms with Crippen LogP contribution in [0, 0.1) is 23.5 Å². The second-order valence-electron chi connectivity index (χ2n) is 12.6. The molecule has 0 saturated heterocycles. The van der Waals surface area contributed by atoms with Gasteiger partial charge in [0.25, 0.3) is 5.91 Å². The Kier molecular flexibility index (Phi) is 18.5. The maximum atomic E-state index is 13.0. The van der Waals surface area contributed by atoms with Crippen molar-refractivity contribution < 1.29 is 42.4 Å². The van der Waals surface area contributed by atoms with Crippen molar-refractivity contribution >= 4 is 56.1 Å². The number of hydrogen-bond donors (Lipinski definition) is 3. The Balaban J connectivity index is 0.000000237. The van der Waals surface area contributed by atoms with Crippen LogP contribution in [0.2, 0.25) is 0 Å². The van der Waals surface area contributed by atoms with E-state index in [2.05, 4.69) is 37.2 Å². The molecule has 1 amide bonds. The number of hydrogen-bond acceptors (Lipinski definition) is 7. The Bertz CT molecular complexity index is 1790. The Morgan fingerprint density at radius 3 is 1.65 bits per heavy atom. The van der Waals surface area contributed by atoms with Crippen molar-refractivity contribution in [2.24, 2.45) is 17.6 Å². The number of ether oxygens (including phenoxy) is 4. The first-order valence-electron chi connectivity index (χ1n) is 17.2. The zero-order chi connectivity index (χ0) is 38.3. The minimum atomic E-state index is -1.00. The maximum Gasteiger partial charge on any atom is 0.340 e. The standard InChI is InChI=1S/C20H21BrFNO3.C12H16FNO.C8H7BrO3.ClH/c1-25-18-7-3-5-16(21)19(18)20(24)23-17-6-2-4-13(17)12-26-15-10-8-14(22)9-11-15;13-10-4-6-11(7-5-10)15-8-9-2-1-3-12(9)14;1-12-6-4-2-3-5(9)7(6)8(10)11;/h3,5,7-11,13,17H,2,4,6,12H2,1H3,(H,23,24);4-7,9,12H,1-3,8,14H2;2-4H,1H3,(H,10,11);1H/t13-,17+;9-,12+;;/m11../s1. The molecule has 0 radical (unpaired) electrons. The molecule has 54 heavy (non-hydrogen) atoms. The van der Waals surface area contributed by atoms with E-state index in [-0.39, 0.29) is 53.5 Å². The lowest BCUT2D eigenvalue weighted by atomic mass is 10.0.